The molecule has 0 saturated carbocycles. The highest BCUT2D eigenvalue weighted by Crippen LogP contribution is 2.34. The maximum absolute atomic E-state index is 13.0. The number of anilines is 1. The zero-order chi connectivity index (χ0) is 25.5. The molecule has 0 aliphatic heterocycles. The molecule has 0 spiro atoms. The van der Waals surface area contributed by atoms with Crippen LogP contribution in [0.2, 0.25) is 5.02 Å². The number of fused-ring (bicyclic) bond motifs is 1. The van der Waals surface area contributed by atoms with Crippen molar-refractivity contribution in [2.45, 2.75) is 18.2 Å². The fourth-order valence-corrected chi connectivity index (χ4v) is 5.02. The van der Waals surface area contributed by atoms with Crippen molar-refractivity contribution in [1.29, 1.82) is 0 Å². The highest BCUT2D eigenvalue weighted by Gasteiger charge is 2.31. The average Bonchev–Trinajstić information content (AvgIpc) is 2.73. The molecule has 0 aliphatic carbocycles. The molecular formula is C22H15ClF3N3O5S. The number of benzene rings is 3. The van der Waals surface area contributed by atoms with Gasteiger partial charge in [-0.15, -0.1) is 13.2 Å². The van der Waals surface area contributed by atoms with Gasteiger partial charge in [0.25, 0.3) is 10.0 Å². The number of hydrogen-bond acceptors (Lipinski definition) is 5. The van der Waals surface area contributed by atoms with E-state index in [2.05, 4.69) is 19.4 Å². The second-order valence-corrected chi connectivity index (χ2v) is 9.51. The summed E-state index contributed by atoms with van der Waals surface area (Å²) in [6.07, 6.45) is -4.85. The summed E-state index contributed by atoms with van der Waals surface area (Å²) in [5.41, 5.74) is -0.335. The summed E-state index contributed by atoms with van der Waals surface area (Å²) in [5.74, 6) is -0.429. The van der Waals surface area contributed by atoms with Gasteiger partial charge >= 0.3 is 17.5 Å². The van der Waals surface area contributed by atoms with Gasteiger partial charge in [-0.25, -0.2) is 8.42 Å². The predicted molar refractivity (Wildman–Crippen MR) is 124 cm³/mol. The number of halogens is 4. The Bertz CT molecular complexity index is 1680. The van der Waals surface area contributed by atoms with Crippen LogP contribution < -0.4 is 20.6 Å². The number of sulfonamides is 1. The van der Waals surface area contributed by atoms with Crippen LogP contribution in [-0.4, -0.2) is 24.7 Å². The van der Waals surface area contributed by atoms with Crippen molar-refractivity contribution in [3.05, 3.63) is 85.9 Å². The Balaban J connectivity index is 1.65. The fourth-order valence-electron chi connectivity index (χ4n) is 3.43. The normalized spacial score (nSPS) is 12.0. The van der Waals surface area contributed by atoms with Crippen molar-refractivity contribution in [3.8, 4) is 16.9 Å². The van der Waals surface area contributed by atoms with E-state index in [1.165, 1.54) is 49.4 Å². The van der Waals surface area contributed by atoms with Crippen molar-refractivity contribution in [3.63, 3.8) is 0 Å². The zero-order valence-electron chi connectivity index (χ0n) is 17.7. The number of ether oxygens (including phenoxy) is 1. The van der Waals surface area contributed by atoms with E-state index in [-0.39, 0.29) is 26.6 Å². The Morgan fingerprint density at radius 2 is 1.60 bits per heavy atom. The molecule has 3 aromatic carbocycles. The minimum absolute atomic E-state index is 0.0755. The van der Waals surface area contributed by atoms with Gasteiger partial charge in [0.1, 0.15) is 5.75 Å². The molecule has 0 atom stereocenters. The van der Waals surface area contributed by atoms with Crippen LogP contribution in [0.4, 0.5) is 18.9 Å². The monoisotopic (exact) mass is 525 g/mol. The Kier molecular flexibility index (Phi) is 6.11. The number of H-pyrrole nitrogens is 2. The third kappa shape index (κ3) is 5.33. The first-order valence-electron chi connectivity index (χ1n) is 9.78. The second-order valence-electron chi connectivity index (χ2n) is 7.45. The van der Waals surface area contributed by atoms with Crippen molar-refractivity contribution in [1.82, 2.24) is 9.97 Å². The van der Waals surface area contributed by atoms with Crippen LogP contribution in [0, 0.1) is 6.92 Å². The first-order valence-corrected chi connectivity index (χ1v) is 11.6. The summed E-state index contributed by atoms with van der Waals surface area (Å²) in [5, 5.41) is 0.0755. The standard InChI is InChI=1S/C22H15ClF3N3O5S/c1-11-7-17-18(28-21(31)20(30)27-17)10-19(11)35(32,33)29-13-5-6-15(16(23)9-13)12-3-2-4-14(8-12)34-22(24,25)26/h2-10,29H,1H3,(H,27,30)(H,28,31). The van der Waals surface area contributed by atoms with Crippen molar-refractivity contribution in [2.75, 3.05) is 4.72 Å². The summed E-state index contributed by atoms with van der Waals surface area (Å²) >= 11 is 6.29. The summed E-state index contributed by atoms with van der Waals surface area (Å²) in [6, 6.07) is 12.0. The van der Waals surface area contributed by atoms with Gasteiger partial charge in [-0.05, 0) is 54.4 Å². The van der Waals surface area contributed by atoms with E-state index in [0.717, 1.165) is 12.1 Å². The quantitative estimate of drug-likeness (QED) is 0.330. The van der Waals surface area contributed by atoms with Crippen LogP contribution in [0.25, 0.3) is 22.2 Å². The molecular weight excluding hydrogens is 511 g/mol. The smallest absolute Gasteiger partial charge is 0.406 e. The lowest BCUT2D eigenvalue weighted by molar-refractivity contribution is -0.274. The molecule has 182 valence electrons. The first-order chi connectivity index (χ1) is 16.3. The molecule has 13 heteroatoms. The average molecular weight is 526 g/mol. The van der Waals surface area contributed by atoms with Crippen LogP contribution in [-0.2, 0) is 10.0 Å². The Hall–Kier alpha value is -3.77. The van der Waals surface area contributed by atoms with E-state index in [9.17, 15) is 31.2 Å². The number of hydrogen-bond donors (Lipinski definition) is 3. The van der Waals surface area contributed by atoms with Crippen LogP contribution >= 0.6 is 11.6 Å². The van der Waals surface area contributed by atoms with Gasteiger partial charge in [-0.2, -0.15) is 0 Å². The number of aryl methyl sites for hydroxylation is 1. The summed E-state index contributed by atoms with van der Waals surface area (Å²) in [4.78, 5) is 27.7. The Labute approximate surface area is 200 Å². The highest BCUT2D eigenvalue weighted by atomic mass is 35.5. The van der Waals surface area contributed by atoms with Gasteiger partial charge < -0.3 is 14.7 Å². The van der Waals surface area contributed by atoms with Crippen LogP contribution in [0.3, 0.4) is 0 Å². The number of rotatable bonds is 5. The molecule has 1 aromatic heterocycles. The number of aromatic nitrogens is 2. The SMILES string of the molecule is Cc1cc2[nH]c(=O)c(=O)[nH]c2cc1S(=O)(=O)Nc1ccc(-c2cccc(OC(F)(F)F)c2)c(Cl)c1. The van der Waals surface area contributed by atoms with Gasteiger partial charge in [0.15, 0.2) is 0 Å². The first kappa shape index (κ1) is 24.4. The third-order valence-corrected chi connectivity index (χ3v) is 6.74. The Morgan fingerprint density at radius 1 is 0.943 bits per heavy atom. The van der Waals surface area contributed by atoms with Gasteiger partial charge in [0.05, 0.1) is 26.6 Å². The lowest BCUT2D eigenvalue weighted by Gasteiger charge is -2.14. The lowest BCUT2D eigenvalue weighted by Crippen LogP contribution is -2.29. The molecule has 0 bridgehead atoms. The fraction of sp³-hybridized carbons (Fsp3) is 0.0909. The van der Waals surface area contributed by atoms with Crippen LogP contribution in [0.5, 0.6) is 5.75 Å². The van der Waals surface area contributed by atoms with E-state index in [4.69, 9.17) is 11.6 Å². The minimum atomic E-state index is -4.85. The zero-order valence-corrected chi connectivity index (χ0v) is 19.2. The summed E-state index contributed by atoms with van der Waals surface area (Å²) in [7, 11) is -4.15. The van der Waals surface area contributed by atoms with Crippen molar-refractivity contribution >= 4 is 38.3 Å². The molecule has 0 fully saturated rings. The maximum Gasteiger partial charge on any atom is 0.573 e. The molecule has 8 nitrogen and oxygen atoms in total. The number of nitrogens with one attached hydrogen (secondary N) is 3. The largest absolute Gasteiger partial charge is 0.573 e. The molecule has 0 saturated heterocycles. The van der Waals surface area contributed by atoms with Gasteiger partial charge in [0, 0.05) is 5.56 Å². The van der Waals surface area contributed by atoms with Crippen LogP contribution in [0.1, 0.15) is 5.56 Å². The van der Waals surface area contributed by atoms with Crippen molar-refractivity contribution < 1.29 is 26.3 Å². The molecule has 0 aliphatic rings. The minimum Gasteiger partial charge on any atom is -0.406 e. The molecule has 3 N–H and O–H groups in total. The molecule has 4 rings (SSSR count). The third-order valence-electron chi connectivity index (χ3n) is 4.91. The molecule has 4 aromatic rings. The van der Waals surface area contributed by atoms with Crippen LogP contribution in [0.15, 0.2) is 69.1 Å². The molecule has 0 amide bonds. The molecule has 35 heavy (non-hydrogen) atoms. The van der Waals surface area contributed by atoms with Gasteiger partial charge in [-0.1, -0.05) is 29.8 Å². The highest BCUT2D eigenvalue weighted by molar-refractivity contribution is 7.92. The second kappa shape index (κ2) is 8.78. The Morgan fingerprint density at radius 3 is 2.23 bits per heavy atom. The van der Waals surface area contributed by atoms with Crippen molar-refractivity contribution in [2.24, 2.45) is 0 Å². The van der Waals surface area contributed by atoms with Gasteiger partial charge in [-0.3, -0.25) is 14.3 Å². The van der Waals surface area contributed by atoms with E-state index in [1.54, 1.807) is 0 Å². The molecule has 1 heterocycles. The van der Waals surface area contributed by atoms with Gasteiger partial charge in [0.2, 0.25) is 0 Å². The number of aromatic amines is 2. The molecule has 0 radical (unpaired) electrons. The molecule has 0 unspecified atom stereocenters. The van der Waals surface area contributed by atoms with E-state index in [1.807, 2.05) is 0 Å². The summed E-state index contributed by atoms with van der Waals surface area (Å²) < 4.78 is 69.9. The lowest BCUT2D eigenvalue weighted by atomic mass is 10.1. The topological polar surface area (TPSA) is 121 Å². The van der Waals surface area contributed by atoms with E-state index < -0.39 is 33.3 Å². The predicted octanol–water partition coefficient (Wildman–Crippen LogP) is 4.54. The maximum atomic E-state index is 13.0. The summed E-state index contributed by atoms with van der Waals surface area (Å²) in [6.45, 7) is 1.52. The number of alkyl halides is 3. The van der Waals surface area contributed by atoms with E-state index >= 15 is 0 Å². The van der Waals surface area contributed by atoms with E-state index in [0.29, 0.717) is 16.7 Å².